The van der Waals surface area contributed by atoms with Gasteiger partial charge in [-0.2, -0.15) is 20.5 Å². The van der Waals surface area contributed by atoms with Gasteiger partial charge in [0.05, 0.1) is 46.1 Å². The summed E-state index contributed by atoms with van der Waals surface area (Å²) in [5.74, 6) is 3.00. The molecule has 2 N–H and O–H groups in total. The lowest BCUT2D eigenvalue weighted by molar-refractivity contribution is 0.578. The number of piperidine rings is 1. The second-order valence-electron chi connectivity index (χ2n) is 16.2. The van der Waals surface area contributed by atoms with Crippen molar-refractivity contribution in [1.82, 2.24) is 14.9 Å². The summed E-state index contributed by atoms with van der Waals surface area (Å²) in [5.41, 5.74) is 9.37. The van der Waals surface area contributed by atoms with E-state index in [1.54, 1.807) is 30.6 Å². The van der Waals surface area contributed by atoms with E-state index in [9.17, 15) is 10.5 Å². The maximum atomic E-state index is 9.89. The Hall–Kier alpha value is -7.70. The monoisotopic (exact) mass is 812 g/mol. The summed E-state index contributed by atoms with van der Waals surface area (Å²) >= 11 is 0. The molecule has 2 aromatic heterocycles. The van der Waals surface area contributed by atoms with E-state index in [-0.39, 0.29) is 0 Å². The lowest BCUT2D eigenvalue weighted by Crippen LogP contribution is -2.42. The van der Waals surface area contributed by atoms with Gasteiger partial charge in [-0.3, -0.25) is 0 Å². The highest BCUT2D eigenvalue weighted by molar-refractivity contribution is 6.27. The van der Waals surface area contributed by atoms with E-state index in [0.29, 0.717) is 51.8 Å². The zero-order valence-corrected chi connectivity index (χ0v) is 34.3. The Bertz CT molecular complexity index is 2780. The van der Waals surface area contributed by atoms with E-state index in [0.717, 1.165) is 71.5 Å². The number of aliphatic imine (C=N–C) groups is 4. The number of nitrogens with one attached hydrogen (secondary N) is 2. The Morgan fingerprint density at radius 3 is 1.94 bits per heavy atom. The third-order valence-electron chi connectivity index (χ3n) is 12.0. The van der Waals surface area contributed by atoms with Crippen LogP contribution in [0.15, 0.2) is 141 Å². The molecule has 0 radical (unpaired) electrons. The molecule has 0 unspecified atom stereocenters. The van der Waals surface area contributed by atoms with E-state index in [1.165, 1.54) is 50.5 Å². The Labute approximate surface area is 361 Å². The van der Waals surface area contributed by atoms with Crippen molar-refractivity contribution in [2.24, 2.45) is 20.0 Å². The molecule has 0 bridgehead atoms. The van der Waals surface area contributed by atoms with Crippen LogP contribution in [0.4, 0.5) is 28.7 Å². The second-order valence-corrected chi connectivity index (χ2v) is 16.2. The van der Waals surface area contributed by atoms with Crippen molar-refractivity contribution >= 4 is 57.9 Å². The van der Waals surface area contributed by atoms with Crippen molar-refractivity contribution in [3.8, 4) is 12.1 Å². The van der Waals surface area contributed by atoms with Gasteiger partial charge in [-0.15, -0.1) is 0 Å². The number of anilines is 5. The van der Waals surface area contributed by atoms with E-state index in [4.69, 9.17) is 20.0 Å². The van der Waals surface area contributed by atoms with Crippen molar-refractivity contribution in [2.45, 2.75) is 63.7 Å². The summed E-state index contributed by atoms with van der Waals surface area (Å²) in [5, 5.41) is 27.0. The minimum atomic E-state index is 0.303. The number of allylic oxidation sites excluding steroid dienone is 2. The van der Waals surface area contributed by atoms with Gasteiger partial charge in [-0.05, 0) is 122 Å². The number of amidine groups is 1. The van der Waals surface area contributed by atoms with Crippen molar-refractivity contribution in [1.29, 1.82) is 10.5 Å². The Kier molecular flexibility index (Phi) is 10.6. The van der Waals surface area contributed by atoms with E-state index in [2.05, 4.69) is 86.2 Å². The van der Waals surface area contributed by atoms with E-state index in [1.807, 2.05) is 41.3 Å². The van der Waals surface area contributed by atoms with Crippen LogP contribution in [0.3, 0.4) is 0 Å². The van der Waals surface area contributed by atoms with Gasteiger partial charge in [-0.1, -0.05) is 49.9 Å². The molecule has 304 valence electrons. The van der Waals surface area contributed by atoms with Crippen LogP contribution >= 0.6 is 0 Å². The van der Waals surface area contributed by atoms with Crippen molar-refractivity contribution in [2.75, 3.05) is 28.6 Å². The number of guanidine groups is 2. The van der Waals surface area contributed by atoms with Gasteiger partial charge in [0.15, 0.2) is 5.84 Å². The molecule has 62 heavy (non-hydrogen) atoms. The Morgan fingerprint density at radius 2 is 1.26 bits per heavy atom. The molecular weight excluding hydrogens is 769 g/mol. The number of hydrogen-bond acceptors (Lipinski definition) is 12. The predicted molar refractivity (Wildman–Crippen MR) is 246 cm³/mol. The molecule has 6 heterocycles. The summed E-state index contributed by atoms with van der Waals surface area (Å²) in [6.45, 7) is 2.02. The quantitative estimate of drug-likeness (QED) is 0.140. The third kappa shape index (κ3) is 7.98. The number of aromatic nitrogens is 2. The maximum Gasteiger partial charge on any atom is 0.239 e. The van der Waals surface area contributed by atoms with Crippen LogP contribution < -0.4 is 15.5 Å². The normalized spacial score (nSPS) is 17.4. The molecule has 12 heteroatoms. The molecule has 0 spiro atoms. The van der Waals surface area contributed by atoms with Crippen molar-refractivity contribution in [3.05, 3.63) is 155 Å². The molecule has 5 aromatic rings. The molecule has 10 rings (SSSR count). The number of hydrogen-bond donors (Lipinski definition) is 2. The fourth-order valence-electron chi connectivity index (χ4n) is 8.92. The zero-order valence-electron chi connectivity index (χ0n) is 34.3. The minimum Gasteiger partial charge on any atom is -0.371 e. The highest BCUT2D eigenvalue weighted by Crippen LogP contribution is 2.40. The van der Waals surface area contributed by atoms with Crippen molar-refractivity contribution in [3.63, 3.8) is 0 Å². The average Bonchev–Trinajstić information content (AvgIpc) is 3.62. The predicted octanol–water partition coefficient (Wildman–Crippen LogP) is 10.4. The summed E-state index contributed by atoms with van der Waals surface area (Å²) < 4.78 is 0. The topological polar surface area (TPSA) is 153 Å². The summed E-state index contributed by atoms with van der Waals surface area (Å²) in [7, 11) is 0. The molecule has 0 atom stereocenters. The number of nitriles is 2. The summed E-state index contributed by atoms with van der Waals surface area (Å²) in [4.78, 5) is 34.0. The highest BCUT2D eigenvalue weighted by atomic mass is 15.4. The number of benzene rings is 3. The first-order valence-electron chi connectivity index (χ1n) is 21.5. The number of rotatable bonds is 9. The van der Waals surface area contributed by atoms with Crippen LogP contribution in [0.2, 0.25) is 0 Å². The zero-order chi connectivity index (χ0) is 41.8. The smallest absolute Gasteiger partial charge is 0.239 e. The summed E-state index contributed by atoms with van der Waals surface area (Å²) in [6.07, 6.45) is 18.6. The molecule has 4 aliphatic heterocycles. The fourth-order valence-corrected chi connectivity index (χ4v) is 8.92. The highest BCUT2D eigenvalue weighted by Gasteiger charge is 2.34. The Balaban J connectivity index is 1.13. The van der Waals surface area contributed by atoms with Gasteiger partial charge in [0.25, 0.3) is 0 Å². The van der Waals surface area contributed by atoms with Gasteiger partial charge in [0.1, 0.15) is 11.6 Å². The Morgan fingerprint density at radius 1 is 0.597 bits per heavy atom. The van der Waals surface area contributed by atoms with E-state index >= 15 is 0 Å². The molecule has 12 nitrogen and oxygen atoms in total. The third-order valence-corrected chi connectivity index (χ3v) is 12.0. The standard InChI is InChI=1S/C50H44N12/c51-31-33-24-34(32-52)26-37(25-33)48-59-49-57-44(40-18-16-36(35-12-4-1-2-5-13-35)27-42(40)55-46-14-6-8-20-53-46)29-39-30-45(58-50(60-48)62(39)49)41-19-17-38(61-22-10-3-11-23-61)28-43(41)56-47-15-7-9-21-54-47/h6-9,14-21,24-30,35H,1-5,10-13,22-23H2,(H,53,55)(H,54,56). The molecule has 2 fully saturated rings. The first-order chi connectivity index (χ1) is 30.6. The van der Waals surface area contributed by atoms with Crippen LogP contribution in [-0.2, 0) is 0 Å². The number of pyridine rings is 2. The first-order valence-corrected chi connectivity index (χ1v) is 21.5. The van der Waals surface area contributed by atoms with Crippen LogP contribution in [0.5, 0.6) is 0 Å². The van der Waals surface area contributed by atoms with Crippen LogP contribution in [0.25, 0.3) is 5.70 Å². The lowest BCUT2D eigenvalue weighted by Gasteiger charge is -2.33. The molecule has 0 amide bonds. The maximum absolute atomic E-state index is 9.89. The molecule has 1 aliphatic carbocycles. The summed E-state index contributed by atoms with van der Waals surface area (Å²) in [6, 6.07) is 34.2. The molecule has 5 aliphatic rings. The van der Waals surface area contributed by atoms with Crippen LogP contribution in [0, 0.1) is 22.7 Å². The SMILES string of the molecule is N#Cc1cc(C#N)cc(C2=NC3=NC(c4ccc(C5CCCCCC5)cc4Nc4ccccn4)=CC4=CC(c5ccc(N6CCCCC6)cc5Nc5ccccn5)=NC(=N2)N43)c1. The largest absolute Gasteiger partial charge is 0.371 e. The lowest BCUT2D eigenvalue weighted by atomic mass is 9.90. The van der Waals surface area contributed by atoms with E-state index < -0.39 is 0 Å². The van der Waals surface area contributed by atoms with Crippen molar-refractivity contribution < 1.29 is 0 Å². The molecule has 1 saturated carbocycles. The van der Waals surface area contributed by atoms with Crippen LogP contribution in [-0.4, -0.2) is 51.4 Å². The van der Waals surface area contributed by atoms with Crippen LogP contribution in [0.1, 0.15) is 97.1 Å². The fraction of sp³-hybridized carbons (Fsp3) is 0.240. The molecular formula is C50H44N12. The van der Waals surface area contributed by atoms with Gasteiger partial charge in [-0.25, -0.2) is 24.9 Å². The number of nitrogens with zero attached hydrogens (tertiary/aromatic N) is 10. The van der Waals surface area contributed by atoms with Gasteiger partial charge in [0.2, 0.25) is 11.9 Å². The first kappa shape index (κ1) is 38.5. The van der Waals surface area contributed by atoms with Gasteiger partial charge >= 0.3 is 0 Å². The minimum absolute atomic E-state index is 0.303. The molecule has 3 aromatic carbocycles. The molecule has 1 saturated heterocycles. The average molecular weight is 813 g/mol. The van der Waals surface area contributed by atoms with Gasteiger partial charge < -0.3 is 15.5 Å². The second kappa shape index (κ2) is 17.1. The van der Waals surface area contributed by atoms with Gasteiger partial charge in [0, 0.05) is 53.5 Å².